The van der Waals surface area contributed by atoms with Crippen LogP contribution in [-0.4, -0.2) is 26.6 Å². The van der Waals surface area contributed by atoms with Crippen molar-refractivity contribution in [3.8, 4) is 11.5 Å². The molecule has 0 saturated heterocycles. The fraction of sp³-hybridized carbons (Fsp3) is 0.125. The van der Waals surface area contributed by atoms with E-state index in [1.54, 1.807) is 36.5 Å². The van der Waals surface area contributed by atoms with Gasteiger partial charge in [0.05, 0.1) is 19.7 Å². The molecule has 0 radical (unpaired) electrons. The van der Waals surface area contributed by atoms with Crippen LogP contribution in [0.3, 0.4) is 0 Å². The second-order valence-corrected chi connectivity index (χ2v) is 6.48. The van der Waals surface area contributed by atoms with E-state index in [0.29, 0.717) is 11.3 Å². The third-order valence-corrected chi connectivity index (χ3v) is 5.18. The van der Waals surface area contributed by atoms with Gasteiger partial charge < -0.3 is 9.47 Å². The van der Waals surface area contributed by atoms with E-state index in [-0.39, 0.29) is 10.6 Å². The van der Waals surface area contributed by atoms with Crippen molar-refractivity contribution in [2.24, 2.45) is 0 Å². The van der Waals surface area contributed by atoms with E-state index in [1.807, 2.05) is 12.1 Å². The average Bonchev–Trinajstić information content (AvgIpc) is 2.99. The Bertz CT molecular complexity index is 928. The molecular formula is C16H15NO4S. The molecule has 0 unspecified atom stereocenters. The van der Waals surface area contributed by atoms with Gasteiger partial charge in [0.15, 0.2) is 0 Å². The van der Waals surface area contributed by atoms with Crippen LogP contribution in [0.5, 0.6) is 11.5 Å². The normalized spacial score (nSPS) is 11.5. The molecule has 0 spiro atoms. The maximum Gasteiger partial charge on any atom is 0.271 e. The zero-order chi connectivity index (χ0) is 15.7. The van der Waals surface area contributed by atoms with Gasteiger partial charge in [-0.25, -0.2) is 12.4 Å². The number of rotatable bonds is 4. The van der Waals surface area contributed by atoms with E-state index in [9.17, 15) is 8.42 Å². The second kappa shape index (κ2) is 5.38. The summed E-state index contributed by atoms with van der Waals surface area (Å²) in [6.45, 7) is 0. The van der Waals surface area contributed by atoms with Crippen LogP contribution in [0, 0.1) is 0 Å². The molecule has 2 aromatic carbocycles. The largest absolute Gasteiger partial charge is 0.497 e. The first-order chi connectivity index (χ1) is 10.6. The van der Waals surface area contributed by atoms with Gasteiger partial charge in [-0.3, -0.25) is 0 Å². The topological polar surface area (TPSA) is 57.5 Å². The lowest BCUT2D eigenvalue weighted by atomic mass is 10.3. The van der Waals surface area contributed by atoms with Crippen molar-refractivity contribution in [1.82, 2.24) is 3.97 Å². The van der Waals surface area contributed by atoms with Crippen molar-refractivity contribution in [2.45, 2.75) is 4.90 Å². The van der Waals surface area contributed by atoms with E-state index in [0.717, 1.165) is 5.39 Å². The summed E-state index contributed by atoms with van der Waals surface area (Å²) in [4.78, 5) is 0.0655. The summed E-state index contributed by atoms with van der Waals surface area (Å²) >= 11 is 0. The molecule has 22 heavy (non-hydrogen) atoms. The van der Waals surface area contributed by atoms with Crippen LogP contribution >= 0.6 is 0 Å². The van der Waals surface area contributed by atoms with Crippen LogP contribution in [0.25, 0.3) is 10.9 Å². The first kappa shape index (κ1) is 14.5. The highest BCUT2D eigenvalue weighted by atomic mass is 32.2. The zero-order valence-electron chi connectivity index (χ0n) is 12.2. The van der Waals surface area contributed by atoms with Crippen LogP contribution in [0.2, 0.25) is 0 Å². The van der Waals surface area contributed by atoms with Crippen LogP contribution in [0.1, 0.15) is 0 Å². The number of benzene rings is 2. The van der Waals surface area contributed by atoms with Gasteiger partial charge >= 0.3 is 0 Å². The predicted molar refractivity (Wildman–Crippen MR) is 84.1 cm³/mol. The van der Waals surface area contributed by atoms with Crippen molar-refractivity contribution in [3.63, 3.8) is 0 Å². The van der Waals surface area contributed by atoms with Crippen LogP contribution in [0.15, 0.2) is 59.6 Å². The number of hydrogen-bond donors (Lipinski definition) is 0. The van der Waals surface area contributed by atoms with E-state index in [2.05, 4.69) is 0 Å². The molecule has 0 bridgehead atoms. The maximum atomic E-state index is 13.0. The average molecular weight is 317 g/mol. The standard InChI is InChI=1S/C16H15NO4S/c1-20-13-7-8-15(21-2)16(11-13)22(18,19)17-10-9-12-5-3-4-6-14(12)17/h3-11H,1-2H3. The fourth-order valence-electron chi connectivity index (χ4n) is 2.36. The van der Waals surface area contributed by atoms with Gasteiger partial charge in [-0.05, 0) is 24.3 Å². The first-order valence-electron chi connectivity index (χ1n) is 6.61. The number of methoxy groups -OCH3 is 2. The van der Waals surface area contributed by atoms with Crippen molar-refractivity contribution in [1.29, 1.82) is 0 Å². The lowest BCUT2D eigenvalue weighted by molar-refractivity contribution is 0.392. The summed E-state index contributed by atoms with van der Waals surface area (Å²) in [6.07, 6.45) is 1.54. The van der Waals surface area contributed by atoms with Gasteiger partial charge in [0.25, 0.3) is 10.0 Å². The van der Waals surface area contributed by atoms with E-state index in [4.69, 9.17) is 9.47 Å². The minimum atomic E-state index is -3.79. The molecule has 114 valence electrons. The molecule has 5 nitrogen and oxygen atoms in total. The van der Waals surface area contributed by atoms with Gasteiger partial charge in [0.1, 0.15) is 16.4 Å². The fourth-order valence-corrected chi connectivity index (χ4v) is 3.89. The lowest BCUT2D eigenvalue weighted by Gasteiger charge is -2.12. The Morgan fingerprint density at radius 2 is 1.73 bits per heavy atom. The molecule has 1 heterocycles. The predicted octanol–water partition coefficient (Wildman–Crippen LogP) is 2.90. The van der Waals surface area contributed by atoms with Crippen molar-refractivity contribution >= 4 is 20.9 Å². The molecule has 0 aliphatic heterocycles. The number of nitrogens with zero attached hydrogens (tertiary/aromatic N) is 1. The minimum Gasteiger partial charge on any atom is -0.497 e. The molecule has 0 aliphatic rings. The highest BCUT2D eigenvalue weighted by Gasteiger charge is 2.23. The smallest absolute Gasteiger partial charge is 0.271 e. The highest BCUT2D eigenvalue weighted by molar-refractivity contribution is 7.90. The Hall–Kier alpha value is -2.47. The molecule has 1 aromatic heterocycles. The number of ether oxygens (including phenoxy) is 2. The lowest BCUT2D eigenvalue weighted by Crippen LogP contribution is -2.13. The zero-order valence-corrected chi connectivity index (χ0v) is 13.0. The molecular weight excluding hydrogens is 302 g/mol. The Morgan fingerprint density at radius 3 is 2.45 bits per heavy atom. The molecule has 6 heteroatoms. The SMILES string of the molecule is COc1ccc(OC)c(S(=O)(=O)n2ccc3ccccc32)c1. The van der Waals surface area contributed by atoms with E-state index >= 15 is 0 Å². The third-order valence-electron chi connectivity index (χ3n) is 3.47. The van der Waals surface area contributed by atoms with Crippen LogP contribution in [-0.2, 0) is 10.0 Å². The van der Waals surface area contributed by atoms with Crippen molar-refractivity contribution in [2.75, 3.05) is 14.2 Å². The van der Waals surface area contributed by atoms with Gasteiger partial charge in [-0.15, -0.1) is 0 Å². The first-order valence-corrected chi connectivity index (χ1v) is 8.05. The number of aromatic nitrogens is 1. The molecule has 3 rings (SSSR count). The number of hydrogen-bond acceptors (Lipinski definition) is 4. The van der Waals surface area contributed by atoms with Gasteiger partial charge in [0, 0.05) is 17.6 Å². The Morgan fingerprint density at radius 1 is 0.955 bits per heavy atom. The molecule has 0 fully saturated rings. The van der Waals surface area contributed by atoms with Crippen LogP contribution in [0.4, 0.5) is 0 Å². The summed E-state index contributed by atoms with van der Waals surface area (Å²) in [5.74, 6) is 0.731. The van der Waals surface area contributed by atoms with Crippen molar-refractivity contribution < 1.29 is 17.9 Å². The summed E-state index contributed by atoms with van der Waals surface area (Å²) < 4.78 is 37.5. The maximum absolute atomic E-state index is 13.0. The molecule has 0 N–H and O–H groups in total. The van der Waals surface area contributed by atoms with E-state index in [1.165, 1.54) is 24.3 Å². The Balaban J connectivity index is 2.26. The van der Waals surface area contributed by atoms with Crippen molar-refractivity contribution in [3.05, 3.63) is 54.7 Å². The highest BCUT2D eigenvalue weighted by Crippen LogP contribution is 2.31. The third kappa shape index (κ3) is 2.21. The molecule has 3 aromatic rings. The summed E-state index contributed by atoms with van der Waals surface area (Å²) in [6, 6.07) is 13.8. The van der Waals surface area contributed by atoms with Gasteiger partial charge in [-0.2, -0.15) is 0 Å². The van der Waals surface area contributed by atoms with E-state index < -0.39 is 10.0 Å². The molecule has 0 amide bonds. The second-order valence-electron chi connectivity index (χ2n) is 4.69. The monoisotopic (exact) mass is 317 g/mol. The quantitative estimate of drug-likeness (QED) is 0.742. The summed E-state index contributed by atoms with van der Waals surface area (Å²) in [5, 5.41) is 0.855. The Kier molecular flexibility index (Phi) is 3.54. The summed E-state index contributed by atoms with van der Waals surface area (Å²) in [5.41, 5.74) is 0.618. The molecule has 0 saturated carbocycles. The molecule has 0 aliphatic carbocycles. The van der Waals surface area contributed by atoms with Gasteiger partial charge in [-0.1, -0.05) is 18.2 Å². The summed E-state index contributed by atoms with van der Waals surface area (Å²) in [7, 11) is -0.857. The van der Waals surface area contributed by atoms with Gasteiger partial charge in [0.2, 0.25) is 0 Å². The molecule has 0 atom stereocenters. The minimum absolute atomic E-state index is 0.0655. The number of para-hydroxylation sites is 1. The van der Waals surface area contributed by atoms with Crippen LogP contribution < -0.4 is 9.47 Å². The number of fused-ring (bicyclic) bond motifs is 1. The Labute approximate surface area is 128 Å².